The summed E-state index contributed by atoms with van der Waals surface area (Å²) >= 11 is 0. The molecular weight excluding hydrogens is 342 g/mol. The van der Waals surface area contributed by atoms with Crippen molar-refractivity contribution >= 4 is 28.5 Å². The molecule has 0 saturated carbocycles. The number of anilines is 1. The van der Waals surface area contributed by atoms with Crippen LogP contribution in [0.25, 0.3) is 11.0 Å². The Kier molecular flexibility index (Phi) is 5.21. The van der Waals surface area contributed by atoms with Gasteiger partial charge in [-0.05, 0) is 51.1 Å². The molecule has 1 N–H and O–H groups in total. The quantitative estimate of drug-likeness (QED) is 0.754. The molecule has 7 nitrogen and oxygen atoms in total. The van der Waals surface area contributed by atoms with E-state index in [0.717, 1.165) is 16.7 Å². The molecule has 7 heteroatoms. The fourth-order valence-electron chi connectivity index (χ4n) is 3.02. The molecule has 1 aromatic carbocycles. The Balaban J connectivity index is 1.76. The summed E-state index contributed by atoms with van der Waals surface area (Å²) in [6.45, 7) is 7.11. The van der Waals surface area contributed by atoms with Crippen LogP contribution in [0.1, 0.15) is 40.3 Å². The van der Waals surface area contributed by atoms with E-state index in [9.17, 15) is 9.59 Å². The average Bonchev–Trinajstić information content (AvgIpc) is 2.96. The van der Waals surface area contributed by atoms with Crippen molar-refractivity contribution < 1.29 is 9.59 Å². The number of nitrogens with zero attached hydrogens (tertiary/aromatic N) is 4. The van der Waals surface area contributed by atoms with Gasteiger partial charge in [0.15, 0.2) is 5.65 Å². The maximum atomic E-state index is 12.5. The van der Waals surface area contributed by atoms with Crippen molar-refractivity contribution in [1.29, 1.82) is 0 Å². The highest BCUT2D eigenvalue weighted by Gasteiger charge is 2.14. The van der Waals surface area contributed by atoms with Crippen molar-refractivity contribution in [2.75, 3.05) is 18.4 Å². The second kappa shape index (κ2) is 7.57. The van der Waals surface area contributed by atoms with Crippen molar-refractivity contribution in [3.63, 3.8) is 0 Å². The van der Waals surface area contributed by atoms with Crippen molar-refractivity contribution in [2.24, 2.45) is 7.05 Å². The molecule has 0 spiro atoms. The second-order valence-electron chi connectivity index (χ2n) is 6.31. The van der Waals surface area contributed by atoms with Gasteiger partial charge in [0.05, 0.1) is 11.3 Å². The Bertz CT molecular complexity index is 988. The zero-order valence-electron chi connectivity index (χ0n) is 16.0. The molecule has 2 amide bonds. The molecule has 0 aliphatic carbocycles. The summed E-state index contributed by atoms with van der Waals surface area (Å²) in [4.78, 5) is 31.0. The zero-order valence-corrected chi connectivity index (χ0v) is 16.0. The van der Waals surface area contributed by atoms with Crippen LogP contribution >= 0.6 is 0 Å². The van der Waals surface area contributed by atoms with Crippen LogP contribution in [0.2, 0.25) is 0 Å². The Hall–Kier alpha value is -3.22. The van der Waals surface area contributed by atoms with Crippen LogP contribution in [0, 0.1) is 6.92 Å². The highest BCUT2D eigenvalue weighted by molar-refractivity contribution is 6.06. The molecule has 0 aliphatic rings. The summed E-state index contributed by atoms with van der Waals surface area (Å²) in [7, 11) is 1.82. The van der Waals surface area contributed by atoms with Crippen LogP contribution in [-0.2, 0) is 7.05 Å². The van der Waals surface area contributed by atoms with Crippen molar-refractivity contribution in [1.82, 2.24) is 19.7 Å². The number of pyridine rings is 1. The SMILES string of the molecule is CCN(CC)C(=O)c1ccc(NC(=O)c2cnc3c(c2)c(C)nn3C)cc1. The molecular formula is C20H23N5O2. The summed E-state index contributed by atoms with van der Waals surface area (Å²) < 4.78 is 1.69. The predicted molar refractivity (Wildman–Crippen MR) is 105 cm³/mol. The van der Waals surface area contributed by atoms with E-state index in [4.69, 9.17) is 0 Å². The number of amides is 2. The van der Waals surface area contributed by atoms with Gasteiger partial charge in [-0.1, -0.05) is 0 Å². The Morgan fingerprint density at radius 3 is 2.41 bits per heavy atom. The van der Waals surface area contributed by atoms with Crippen LogP contribution in [0.15, 0.2) is 36.5 Å². The molecule has 0 fully saturated rings. The molecule has 0 atom stereocenters. The molecule has 3 rings (SSSR count). The molecule has 0 unspecified atom stereocenters. The molecule has 0 bridgehead atoms. The first-order chi connectivity index (χ1) is 12.9. The summed E-state index contributed by atoms with van der Waals surface area (Å²) in [5.74, 6) is -0.268. The highest BCUT2D eigenvalue weighted by atomic mass is 16.2. The topological polar surface area (TPSA) is 80.1 Å². The van der Waals surface area contributed by atoms with Crippen LogP contribution in [-0.4, -0.2) is 44.6 Å². The minimum atomic E-state index is -0.254. The fraction of sp³-hybridized carbons (Fsp3) is 0.300. The molecule has 0 radical (unpaired) electrons. The van der Waals surface area contributed by atoms with Gasteiger partial charge in [0.2, 0.25) is 0 Å². The van der Waals surface area contributed by atoms with Gasteiger partial charge in [0.25, 0.3) is 11.8 Å². The lowest BCUT2D eigenvalue weighted by Gasteiger charge is -2.18. The van der Waals surface area contributed by atoms with Crippen LogP contribution in [0.3, 0.4) is 0 Å². The monoisotopic (exact) mass is 365 g/mol. The van der Waals surface area contributed by atoms with Gasteiger partial charge in [-0.3, -0.25) is 14.3 Å². The second-order valence-corrected chi connectivity index (χ2v) is 6.31. The minimum absolute atomic E-state index is 0.0143. The predicted octanol–water partition coefficient (Wildman–Crippen LogP) is 3.01. The van der Waals surface area contributed by atoms with Gasteiger partial charge in [0.1, 0.15) is 0 Å². The van der Waals surface area contributed by atoms with E-state index in [1.807, 2.05) is 27.8 Å². The van der Waals surface area contributed by atoms with E-state index in [0.29, 0.717) is 29.9 Å². The fourth-order valence-corrected chi connectivity index (χ4v) is 3.02. The molecule has 27 heavy (non-hydrogen) atoms. The summed E-state index contributed by atoms with van der Waals surface area (Å²) in [5, 5.41) is 8.01. The molecule has 2 aromatic heterocycles. The van der Waals surface area contributed by atoms with Gasteiger partial charge in [0, 0.05) is 43.0 Å². The van der Waals surface area contributed by atoms with Gasteiger partial charge >= 0.3 is 0 Å². The molecule has 0 aliphatic heterocycles. The smallest absolute Gasteiger partial charge is 0.257 e. The maximum absolute atomic E-state index is 12.5. The number of carbonyl (C=O) groups excluding carboxylic acids is 2. The first-order valence-electron chi connectivity index (χ1n) is 8.94. The van der Waals surface area contributed by atoms with Gasteiger partial charge in [-0.2, -0.15) is 5.10 Å². The largest absolute Gasteiger partial charge is 0.339 e. The summed E-state index contributed by atoms with van der Waals surface area (Å²) in [6, 6.07) is 8.70. The number of hydrogen-bond donors (Lipinski definition) is 1. The zero-order chi connectivity index (χ0) is 19.6. The van der Waals surface area contributed by atoms with Gasteiger partial charge < -0.3 is 10.2 Å². The third-order valence-electron chi connectivity index (χ3n) is 4.57. The number of aryl methyl sites for hydroxylation is 2. The van der Waals surface area contributed by atoms with Gasteiger partial charge in [-0.15, -0.1) is 0 Å². The lowest BCUT2D eigenvalue weighted by atomic mass is 10.1. The van der Waals surface area contributed by atoms with Crippen LogP contribution in [0.5, 0.6) is 0 Å². The van der Waals surface area contributed by atoms with E-state index in [2.05, 4.69) is 15.4 Å². The van der Waals surface area contributed by atoms with Crippen molar-refractivity contribution in [3.05, 3.63) is 53.3 Å². The standard InChI is InChI=1S/C20H23N5O2/c1-5-25(6-2)20(27)14-7-9-16(10-8-14)22-19(26)15-11-17-13(3)23-24(4)18(17)21-12-15/h7-12H,5-6H2,1-4H3,(H,22,26). The third kappa shape index (κ3) is 3.67. The third-order valence-corrected chi connectivity index (χ3v) is 4.57. The van der Waals surface area contributed by atoms with E-state index in [1.165, 1.54) is 6.20 Å². The summed E-state index contributed by atoms with van der Waals surface area (Å²) in [6.07, 6.45) is 1.54. The van der Waals surface area contributed by atoms with Crippen LogP contribution in [0.4, 0.5) is 5.69 Å². The first-order valence-corrected chi connectivity index (χ1v) is 8.94. The number of rotatable bonds is 5. The number of benzene rings is 1. The lowest BCUT2D eigenvalue weighted by molar-refractivity contribution is 0.0773. The normalized spacial score (nSPS) is 10.8. The Labute approximate surface area is 158 Å². The molecule has 3 aromatic rings. The Morgan fingerprint density at radius 1 is 1.11 bits per heavy atom. The average molecular weight is 365 g/mol. The lowest BCUT2D eigenvalue weighted by Crippen LogP contribution is -2.30. The Morgan fingerprint density at radius 2 is 1.78 bits per heavy atom. The molecule has 2 heterocycles. The van der Waals surface area contributed by atoms with Crippen LogP contribution < -0.4 is 5.32 Å². The highest BCUT2D eigenvalue weighted by Crippen LogP contribution is 2.18. The molecule has 0 saturated heterocycles. The minimum Gasteiger partial charge on any atom is -0.339 e. The maximum Gasteiger partial charge on any atom is 0.257 e. The number of hydrogen-bond acceptors (Lipinski definition) is 4. The van der Waals surface area contributed by atoms with E-state index in [-0.39, 0.29) is 11.8 Å². The number of fused-ring (bicyclic) bond motifs is 1. The van der Waals surface area contributed by atoms with Crippen molar-refractivity contribution in [2.45, 2.75) is 20.8 Å². The van der Waals surface area contributed by atoms with E-state index < -0.39 is 0 Å². The molecule has 140 valence electrons. The van der Waals surface area contributed by atoms with E-state index >= 15 is 0 Å². The first kappa shape index (κ1) is 18.6. The van der Waals surface area contributed by atoms with Crippen molar-refractivity contribution in [3.8, 4) is 0 Å². The number of carbonyl (C=O) groups is 2. The van der Waals surface area contributed by atoms with E-state index in [1.54, 1.807) is 39.9 Å². The van der Waals surface area contributed by atoms with Gasteiger partial charge in [-0.25, -0.2) is 4.98 Å². The number of aromatic nitrogens is 3. The number of nitrogens with one attached hydrogen (secondary N) is 1. The summed E-state index contributed by atoms with van der Waals surface area (Å²) in [5.41, 5.74) is 3.25.